The molecular weight excluding hydrogens is 158 g/mol. The zero-order valence-electron chi connectivity index (χ0n) is 9.90. The normalized spacial score (nSPS) is 15.7. The lowest BCUT2D eigenvalue weighted by molar-refractivity contribution is 0.345. The van der Waals surface area contributed by atoms with Gasteiger partial charge < -0.3 is 5.32 Å². The van der Waals surface area contributed by atoms with Gasteiger partial charge in [-0.05, 0) is 25.8 Å². The quantitative estimate of drug-likeness (QED) is 0.570. The Morgan fingerprint density at radius 1 is 1.00 bits per heavy atom. The minimum atomic E-state index is 0.738. The Kier molecular flexibility index (Phi) is 8.53. The van der Waals surface area contributed by atoms with E-state index in [2.05, 4.69) is 33.1 Å². The summed E-state index contributed by atoms with van der Waals surface area (Å²) in [6, 6.07) is 0.738. The largest absolute Gasteiger partial charge is 0.317 e. The first-order chi connectivity index (χ1) is 6.26. The van der Waals surface area contributed by atoms with Gasteiger partial charge in [0.1, 0.15) is 0 Å². The van der Waals surface area contributed by atoms with Crippen LogP contribution < -0.4 is 5.32 Å². The highest BCUT2D eigenvalue weighted by Gasteiger charge is 2.13. The summed E-state index contributed by atoms with van der Waals surface area (Å²) in [7, 11) is 2.09. The molecule has 0 aromatic carbocycles. The van der Waals surface area contributed by atoms with Gasteiger partial charge in [-0.3, -0.25) is 0 Å². The zero-order valence-corrected chi connectivity index (χ0v) is 9.90. The fraction of sp³-hybridized carbons (Fsp3) is 1.00. The molecule has 1 nitrogen and oxygen atoms in total. The average Bonchev–Trinajstić information content (AvgIpc) is 2.14. The van der Waals surface area contributed by atoms with Crippen LogP contribution in [0, 0.1) is 5.92 Å². The first kappa shape index (κ1) is 13.0. The third-order valence-electron chi connectivity index (χ3n) is 2.92. The van der Waals surface area contributed by atoms with Crippen LogP contribution in [0.5, 0.6) is 0 Å². The smallest absolute Gasteiger partial charge is 0.00895 e. The maximum atomic E-state index is 3.43. The highest BCUT2D eigenvalue weighted by Crippen LogP contribution is 2.16. The number of rotatable bonds is 8. The molecule has 0 fully saturated rings. The lowest BCUT2D eigenvalue weighted by Gasteiger charge is -2.22. The fourth-order valence-corrected chi connectivity index (χ4v) is 1.94. The van der Waals surface area contributed by atoms with E-state index < -0.39 is 0 Å². The minimum absolute atomic E-state index is 0.738. The van der Waals surface area contributed by atoms with E-state index in [4.69, 9.17) is 0 Å². The predicted octanol–water partition coefficient (Wildman–Crippen LogP) is 3.59. The van der Waals surface area contributed by atoms with E-state index in [0.29, 0.717) is 0 Å². The maximum Gasteiger partial charge on any atom is 0.00895 e. The van der Waals surface area contributed by atoms with Gasteiger partial charge in [-0.25, -0.2) is 0 Å². The topological polar surface area (TPSA) is 12.0 Å². The van der Waals surface area contributed by atoms with Crippen molar-refractivity contribution in [1.82, 2.24) is 5.32 Å². The van der Waals surface area contributed by atoms with Crippen molar-refractivity contribution < 1.29 is 0 Å². The number of nitrogens with one attached hydrogen (secondary N) is 1. The highest BCUT2D eigenvalue weighted by molar-refractivity contribution is 4.70. The highest BCUT2D eigenvalue weighted by atomic mass is 14.9. The number of hydrogen-bond acceptors (Lipinski definition) is 1. The van der Waals surface area contributed by atoms with Crippen molar-refractivity contribution in [2.45, 2.75) is 65.3 Å². The molecule has 80 valence electrons. The molecule has 0 radical (unpaired) electrons. The summed E-state index contributed by atoms with van der Waals surface area (Å²) in [5, 5.41) is 3.43. The van der Waals surface area contributed by atoms with Crippen LogP contribution in [-0.4, -0.2) is 13.1 Å². The molecule has 0 aliphatic rings. The van der Waals surface area contributed by atoms with Gasteiger partial charge in [0.05, 0.1) is 0 Å². The van der Waals surface area contributed by atoms with E-state index in [9.17, 15) is 0 Å². The Hall–Kier alpha value is -0.0400. The summed E-state index contributed by atoms with van der Waals surface area (Å²) in [6.45, 7) is 6.92. The van der Waals surface area contributed by atoms with Gasteiger partial charge in [0.25, 0.3) is 0 Å². The van der Waals surface area contributed by atoms with Crippen LogP contribution in [0.2, 0.25) is 0 Å². The Bertz CT molecular complexity index is 101. The third-order valence-corrected chi connectivity index (χ3v) is 2.92. The molecule has 13 heavy (non-hydrogen) atoms. The predicted molar refractivity (Wildman–Crippen MR) is 61.1 cm³/mol. The fourth-order valence-electron chi connectivity index (χ4n) is 1.94. The molecule has 2 unspecified atom stereocenters. The number of hydrogen-bond donors (Lipinski definition) is 1. The molecule has 0 amide bonds. The van der Waals surface area contributed by atoms with Crippen molar-refractivity contribution in [1.29, 1.82) is 0 Å². The van der Waals surface area contributed by atoms with E-state index in [1.165, 1.54) is 38.5 Å². The van der Waals surface area contributed by atoms with Crippen molar-refractivity contribution in [2.24, 2.45) is 5.92 Å². The van der Waals surface area contributed by atoms with Crippen molar-refractivity contribution >= 4 is 0 Å². The molecule has 0 aliphatic carbocycles. The molecule has 0 saturated heterocycles. The summed E-state index contributed by atoms with van der Waals surface area (Å²) in [6.07, 6.45) is 8.14. The molecule has 0 bridgehead atoms. The summed E-state index contributed by atoms with van der Waals surface area (Å²) in [5.74, 6) is 0.844. The van der Waals surface area contributed by atoms with Crippen LogP contribution in [0.4, 0.5) is 0 Å². The molecule has 1 heteroatoms. The summed E-state index contributed by atoms with van der Waals surface area (Å²) in [4.78, 5) is 0. The molecular formula is C12H27N. The van der Waals surface area contributed by atoms with Crippen LogP contribution in [0.15, 0.2) is 0 Å². The summed E-state index contributed by atoms with van der Waals surface area (Å²) < 4.78 is 0. The molecule has 0 aliphatic heterocycles. The van der Waals surface area contributed by atoms with Gasteiger partial charge in [-0.15, -0.1) is 0 Å². The lowest BCUT2D eigenvalue weighted by atomic mass is 9.92. The van der Waals surface area contributed by atoms with Crippen molar-refractivity contribution in [2.75, 3.05) is 7.05 Å². The van der Waals surface area contributed by atoms with Crippen LogP contribution in [0.25, 0.3) is 0 Å². The van der Waals surface area contributed by atoms with Crippen molar-refractivity contribution in [3.05, 3.63) is 0 Å². The Labute approximate surface area is 84.3 Å². The van der Waals surface area contributed by atoms with Gasteiger partial charge in [0.2, 0.25) is 0 Å². The van der Waals surface area contributed by atoms with Crippen LogP contribution in [0.3, 0.4) is 0 Å². The second-order valence-electron chi connectivity index (χ2n) is 4.16. The summed E-state index contributed by atoms with van der Waals surface area (Å²) >= 11 is 0. The van der Waals surface area contributed by atoms with Crippen LogP contribution >= 0.6 is 0 Å². The van der Waals surface area contributed by atoms with Crippen LogP contribution in [-0.2, 0) is 0 Å². The maximum absolute atomic E-state index is 3.43. The van der Waals surface area contributed by atoms with Crippen molar-refractivity contribution in [3.63, 3.8) is 0 Å². The second-order valence-corrected chi connectivity index (χ2v) is 4.16. The van der Waals surface area contributed by atoms with Gasteiger partial charge >= 0.3 is 0 Å². The first-order valence-electron chi connectivity index (χ1n) is 5.93. The van der Waals surface area contributed by atoms with E-state index in [1.807, 2.05) is 0 Å². The molecule has 0 saturated carbocycles. The van der Waals surface area contributed by atoms with Gasteiger partial charge in [-0.1, -0.05) is 46.5 Å². The first-order valence-corrected chi connectivity index (χ1v) is 5.93. The SMILES string of the molecule is CCCCCC(C)C(CCC)NC. The van der Waals surface area contributed by atoms with E-state index in [-0.39, 0.29) is 0 Å². The summed E-state index contributed by atoms with van der Waals surface area (Å²) in [5.41, 5.74) is 0. The molecule has 0 aromatic heterocycles. The van der Waals surface area contributed by atoms with E-state index in [1.54, 1.807) is 0 Å². The Morgan fingerprint density at radius 3 is 2.15 bits per heavy atom. The Balaban J connectivity index is 3.57. The third kappa shape index (κ3) is 6.09. The standard InChI is InChI=1S/C12H27N/c1-5-7-8-10-11(3)12(13-4)9-6-2/h11-13H,5-10H2,1-4H3. The monoisotopic (exact) mass is 185 g/mol. The molecule has 0 rings (SSSR count). The molecule has 2 atom stereocenters. The molecule has 0 spiro atoms. The van der Waals surface area contributed by atoms with Gasteiger partial charge in [0.15, 0.2) is 0 Å². The Morgan fingerprint density at radius 2 is 1.69 bits per heavy atom. The van der Waals surface area contributed by atoms with Crippen LogP contribution in [0.1, 0.15) is 59.3 Å². The lowest BCUT2D eigenvalue weighted by Crippen LogP contribution is -2.31. The van der Waals surface area contributed by atoms with Gasteiger partial charge in [-0.2, -0.15) is 0 Å². The molecule has 0 aromatic rings. The zero-order chi connectivity index (χ0) is 10.1. The number of unbranched alkanes of at least 4 members (excludes halogenated alkanes) is 2. The van der Waals surface area contributed by atoms with E-state index >= 15 is 0 Å². The molecule has 0 heterocycles. The van der Waals surface area contributed by atoms with Crippen molar-refractivity contribution in [3.8, 4) is 0 Å². The second kappa shape index (κ2) is 8.55. The van der Waals surface area contributed by atoms with Gasteiger partial charge in [0, 0.05) is 6.04 Å². The van der Waals surface area contributed by atoms with E-state index in [0.717, 1.165) is 12.0 Å². The minimum Gasteiger partial charge on any atom is -0.317 e. The average molecular weight is 185 g/mol. The molecule has 1 N–H and O–H groups in total.